The molecule has 4 aromatic rings. The molecule has 0 aliphatic heterocycles. The van der Waals surface area contributed by atoms with Gasteiger partial charge in [0.25, 0.3) is 11.5 Å². The lowest BCUT2D eigenvalue weighted by Gasteiger charge is -1.98. The molecule has 1 N–H and O–H groups in total. The number of hydrogen-bond donors (Lipinski definition) is 1. The van der Waals surface area contributed by atoms with Crippen LogP contribution in [0.15, 0.2) is 40.5 Å². The van der Waals surface area contributed by atoms with Gasteiger partial charge in [-0.05, 0) is 24.6 Å². The molecule has 0 atom stereocenters. The van der Waals surface area contributed by atoms with Gasteiger partial charge in [-0.2, -0.15) is 0 Å². The Balaban J connectivity index is 1.73. The Kier molecular flexibility index (Phi) is 3.97. The second kappa shape index (κ2) is 6.19. The van der Waals surface area contributed by atoms with Crippen LogP contribution in [0.5, 0.6) is 0 Å². The Labute approximate surface area is 155 Å². The van der Waals surface area contributed by atoms with E-state index in [2.05, 4.69) is 15.5 Å². The molecule has 0 spiro atoms. The van der Waals surface area contributed by atoms with Crippen molar-refractivity contribution in [1.29, 1.82) is 0 Å². The minimum absolute atomic E-state index is 0.157. The summed E-state index contributed by atoms with van der Waals surface area (Å²) >= 11 is 2.69. The van der Waals surface area contributed by atoms with E-state index in [1.807, 2.05) is 35.9 Å². The topological polar surface area (TPSA) is 81.3 Å². The number of carbonyl (C=O) groups excluding carboxylic acids is 1. The van der Waals surface area contributed by atoms with Crippen molar-refractivity contribution in [2.75, 3.05) is 0 Å². The third-order valence-corrected chi connectivity index (χ3v) is 6.50. The SMILES string of the molecule is Cc1c(C(=O)N/N=c2/sc3ccccc3n2C)sc2ncn(C)c(=O)c12. The summed E-state index contributed by atoms with van der Waals surface area (Å²) in [6, 6.07) is 7.95. The van der Waals surface area contributed by atoms with E-state index in [4.69, 9.17) is 0 Å². The van der Waals surface area contributed by atoms with E-state index in [0.29, 0.717) is 25.5 Å². The fourth-order valence-corrected chi connectivity index (χ4v) is 4.77. The molecule has 3 aromatic heterocycles. The number of aromatic nitrogens is 3. The minimum Gasteiger partial charge on any atom is -0.318 e. The number of benzene rings is 1. The van der Waals surface area contributed by atoms with Crippen molar-refractivity contribution >= 4 is 49.0 Å². The fourth-order valence-electron chi connectivity index (χ4n) is 2.76. The molecule has 3 heterocycles. The Morgan fingerprint density at radius 2 is 2.00 bits per heavy atom. The number of nitrogens with zero attached hydrogens (tertiary/aromatic N) is 4. The molecule has 0 saturated carbocycles. The van der Waals surface area contributed by atoms with Gasteiger partial charge in [0, 0.05) is 14.1 Å². The lowest BCUT2D eigenvalue weighted by molar-refractivity contribution is 0.0956. The lowest BCUT2D eigenvalue weighted by Crippen LogP contribution is -2.23. The summed E-state index contributed by atoms with van der Waals surface area (Å²) in [6.45, 7) is 1.76. The van der Waals surface area contributed by atoms with Crippen LogP contribution in [-0.2, 0) is 14.1 Å². The maximum Gasteiger partial charge on any atom is 0.281 e. The van der Waals surface area contributed by atoms with Crippen LogP contribution in [0.4, 0.5) is 0 Å². The van der Waals surface area contributed by atoms with Gasteiger partial charge in [-0.25, -0.2) is 10.4 Å². The summed E-state index contributed by atoms with van der Waals surface area (Å²) in [4.78, 5) is 30.8. The molecule has 4 rings (SSSR count). The van der Waals surface area contributed by atoms with Crippen LogP contribution >= 0.6 is 22.7 Å². The minimum atomic E-state index is -0.343. The average Bonchev–Trinajstić information content (AvgIpc) is 3.14. The zero-order chi connectivity index (χ0) is 18.4. The number of fused-ring (bicyclic) bond motifs is 2. The predicted molar refractivity (Wildman–Crippen MR) is 103 cm³/mol. The number of carbonyl (C=O) groups is 1. The van der Waals surface area contributed by atoms with Crippen LogP contribution in [0.3, 0.4) is 0 Å². The molecule has 0 radical (unpaired) electrons. The fraction of sp³-hybridized carbons (Fsp3) is 0.176. The second-order valence-electron chi connectivity index (χ2n) is 5.86. The Bertz CT molecular complexity index is 1290. The first kappa shape index (κ1) is 16.7. The van der Waals surface area contributed by atoms with E-state index < -0.39 is 0 Å². The molecule has 26 heavy (non-hydrogen) atoms. The molecule has 0 unspecified atom stereocenters. The number of para-hydroxylation sites is 1. The van der Waals surface area contributed by atoms with Gasteiger partial charge < -0.3 is 9.13 Å². The quantitative estimate of drug-likeness (QED) is 0.537. The number of thiophene rings is 1. The smallest absolute Gasteiger partial charge is 0.281 e. The zero-order valence-electron chi connectivity index (χ0n) is 14.3. The van der Waals surface area contributed by atoms with E-state index in [1.165, 1.54) is 33.6 Å². The highest BCUT2D eigenvalue weighted by molar-refractivity contribution is 7.20. The highest BCUT2D eigenvalue weighted by Crippen LogP contribution is 2.26. The summed E-state index contributed by atoms with van der Waals surface area (Å²) in [7, 11) is 3.55. The number of aryl methyl sites for hydroxylation is 3. The summed E-state index contributed by atoms with van der Waals surface area (Å²) < 4.78 is 4.43. The van der Waals surface area contributed by atoms with Crippen LogP contribution < -0.4 is 15.8 Å². The first-order chi connectivity index (χ1) is 12.5. The highest BCUT2D eigenvalue weighted by atomic mass is 32.1. The highest BCUT2D eigenvalue weighted by Gasteiger charge is 2.18. The number of nitrogens with one attached hydrogen (secondary N) is 1. The Morgan fingerprint density at radius 1 is 1.23 bits per heavy atom. The molecule has 0 saturated heterocycles. The maximum absolute atomic E-state index is 12.6. The van der Waals surface area contributed by atoms with Crippen molar-refractivity contribution in [2.24, 2.45) is 19.2 Å². The molecule has 0 aliphatic rings. The molecule has 7 nitrogen and oxygen atoms in total. The van der Waals surface area contributed by atoms with E-state index in [-0.39, 0.29) is 11.5 Å². The third kappa shape index (κ3) is 2.56. The normalized spacial score (nSPS) is 12.2. The first-order valence-corrected chi connectivity index (χ1v) is 9.44. The summed E-state index contributed by atoms with van der Waals surface area (Å²) in [5, 5.41) is 4.74. The largest absolute Gasteiger partial charge is 0.318 e. The molecule has 9 heteroatoms. The van der Waals surface area contributed by atoms with E-state index >= 15 is 0 Å². The van der Waals surface area contributed by atoms with Crippen LogP contribution in [0.1, 0.15) is 15.2 Å². The Morgan fingerprint density at radius 3 is 2.77 bits per heavy atom. The van der Waals surface area contributed by atoms with Crippen LogP contribution in [0.2, 0.25) is 0 Å². The van der Waals surface area contributed by atoms with Gasteiger partial charge in [-0.3, -0.25) is 9.59 Å². The number of hydrogen-bond acceptors (Lipinski definition) is 6. The van der Waals surface area contributed by atoms with E-state index in [1.54, 1.807) is 14.0 Å². The zero-order valence-corrected chi connectivity index (χ0v) is 15.9. The second-order valence-corrected chi connectivity index (χ2v) is 7.87. The van der Waals surface area contributed by atoms with Crippen molar-refractivity contribution in [2.45, 2.75) is 6.92 Å². The molecule has 0 aliphatic carbocycles. The summed E-state index contributed by atoms with van der Waals surface area (Å²) in [5.41, 5.74) is 4.13. The van der Waals surface area contributed by atoms with Gasteiger partial charge in [-0.1, -0.05) is 23.5 Å². The average molecular weight is 385 g/mol. The van der Waals surface area contributed by atoms with Crippen molar-refractivity contribution in [1.82, 2.24) is 19.5 Å². The van der Waals surface area contributed by atoms with Gasteiger partial charge >= 0.3 is 0 Å². The Hall–Kier alpha value is -2.78. The molecule has 0 fully saturated rings. The monoisotopic (exact) mass is 385 g/mol. The van der Waals surface area contributed by atoms with Gasteiger partial charge in [0.2, 0.25) is 4.80 Å². The molecule has 132 valence electrons. The first-order valence-electron chi connectivity index (χ1n) is 7.80. The molecule has 1 amide bonds. The van der Waals surface area contributed by atoms with Crippen LogP contribution in [0.25, 0.3) is 20.4 Å². The lowest BCUT2D eigenvalue weighted by atomic mass is 10.2. The molecular formula is C17H15N5O2S2. The predicted octanol–water partition coefficient (Wildman–Crippen LogP) is 2.10. The van der Waals surface area contributed by atoms with Gasteiger partial charge in [-0.15, -0.1) is 16.4 Å². The maximum atomic E-state index is 12.6. The number of rotatable bonds is 2. The summed E-state index contributed by atoms with van der Waals surface area (Å²) in [5.74, 6) is -0.343. The molecule has 1 aromatic carbocycles. The van der Waals surface area contributed by atoms with E-state index in [0.717, 1.165) is 10.2 Å². The third-order valence-electron chi connectivity index (χ3n) is 4.18. The van der Waals surface area contributed by atoms with Crippen molar-refractivity contribution in [3.8, 4) is 0 Å². The van der Waals surface area contributed by atoms with Crippen molar-refractivity contribution < 1.29 is 4.79 Å². The van der Waals surface area contributed by atoms with Gasteiger partial charge in [0.1, 0.15) is 4.83 Å². The van der Waals surface area contributed by atoms with Crippen LogP contribution in [-0.4, -0.2) is 20.0 Å². The van der Waals surface area contributed by atoms with Crippen LogP contribution in [0, 0.1) is 6.92 Å². The summed E-state index contributed by atoms with van der Waals surface area (Å²) in [6.07, 6.45) is 1.46. The van der Waals surface area contributed by atoms with E-state index in [9.17, 15) is 9.59 Å². The molecule has 0 bridgehead atoms. The van der Waals surface area contributed by atoms with Crippen molar-refractivity contribution in [3.63, 3.8) is 0 Å². The van der Waals surface area contributed by atoms with Gasteiger partial charge in [0.05, 0.1) is 26.8 Å². The standard InChI is InChI=1S/C17H15N5O2S2/c1-9-12-15(18-8-21(2)16(12)24)26-13(9)14(23)19-20-17-22(3)10-6-4-5-7-11(10)25-17/h4-8H,1-3H3,(H,19,23)/b20-17+. The van der Waals surface area contributed by atoms with Crippen molar-refractivity contribution in [3.05, 3.63) is 56.2 Å². The van der Waals surface area contributed by atoms with Gasteiger partial charge in [0.15, 0.2) is 0 Å². The number of thiazole rings is 1. The number of amides is 1. The molecular weight excluding hydrogens is 370 g/mol.